The summed E-state index contributed by atoms with van der Waals surface area (Å²) in [6, 6.07) is 0. The molecule has 1 fully saturated rings. The van der Waals surface area contributed by atoms with E-state index in [0.29, 0.717) is 6.42 Å². The first-order chi connectivity index (χ1) is 17.1. The molecule has 1 aliphatic heterocycles. The second-order valence-corrected chi connectivity index (χ2v) is 10.5. The van der Waals surface area contributed by atoms with Crippen molar-refractivity contribution in [2.45, 2.75) is 166 Å². The lowest BCUT2D eigenvalue weighted by molar-refractivity contribution is -0.213. The quantitative estimate of drug-likeness (QED) is 0.114. The van der Waals surface area contributed by atoms with Crippen molar-refractivity contribution in [2.24, 2.45) is 0 Å². The van der Waals surface area contributed by atoms with Crippen molar-refractivity contribution in [1.29, 1.82) is 0 Å². The van der Waals surface area contributed by atoms with Crippen LogP contribution in [-0.2, 0) is 14.3 Å². The summed E-state index contributed by atoms with van der Waals surface area (Å²) >= 11 is 0. The van der Waals surface area contributed by atoms with Crippen LogP contribution < -0.4 is 0 Å². The Hall–Kier alpha value is -0.690. The number of rotatable bonds is 23. The van der Waals surface area contributed by atoms with Crippen molar-refractivity contribution in [3.05, 3.63) is 0 Å². The highest BCUT2D eigenvalue weighted by molar-refractivity contribution is 5.69. The van der Waals surface area contributed by atoms with Crippen molar-refractivity contribution < 1.29 is 29.6 Å². The molecule has 0 aromatic rings. The maximum atomic E-state index is 12.0. The molecule has 0 spiro atoms. The molecule has 0 aromatic carbocycles. The average molecular weight is 501 g/mol. The molecule has 0 saturated carbocycles. The summed E-state index contributed by atoms with van der Waals surface area (Å²) in [6.45, 7) is 1.85. The standard InChI is InChI=1S/C29H56O6/c1-2-3-4-5-6-7-8-9-10-11-12-13-14-15-16-17-18-19-20-21-22-27(32)35-29-25(31)24-34-26(23-30)28(29)33/h25-26,28-31,33H,2-24H2,1H3/t25-,26-,28-,29-/m1/s1. The van der Waals surface area contributed by atoms with Crippen molar-refractivity contribution in [1.82, 2.24) is 0 Å². The van der Waals surface area contributed by atoms with Crippen LogP contribution in [0.15, 0.2) is 0 Å². The summed E-state index contributed by atoms with van der Waals surface area (Å²) in [4.78, 5) is 12.0. The number of carbonyl (C=O) groups is 1. The van der Waals surface area contributed by atoms with E-state index in [2.05, 4.69) is 6.92 Å². The lowest BCUT2D eigenvalue weighted by atomic mass is 10.0. The Labute approximate surface area is 215 Å². The van der Waals surface area contributed by atoms with Gasteiger partial charge in [-0.05, 0) is 6.42 Å². The van der Waals surface area contributed by atoms with Crippen molar-refractivity contribution >= 4 is 5.97 Å². The number of hydrogen-bond donors (Lipinski definition) is 3. The van der Waals surface area contributed by atoms with E-state index in [4.69, 9.17) is 9.47 Å². The zero-order valence-corrected chi connectivity index (χ0v) is 22.6. The molecule has 0 aliphatic carbocycles. The zero-order valence-electron chi connectivity index (χ0n) is 22.6. The fourth-order valence-electron chi connectivity index (χ4n) is 4.90. The topological polar surface area (TPSA) is 96.2 Å². The van der Waals surface area contributed by atoms with Crippen molar-refractivity contribution in [2.75, 3.05) is 13.2 Å². The molecule has 3 N–H and O–H groups in total. The smallest absolute Gasteiger partial charge is 0.306 e. The van der Waals surface area contributed by atoms with E-state index < -0.39 is 30.4 Å². The highest BCUT2D eigenvalue weighted by Crippen LogP contribution is 2.20. The van der Waals surface area contributed by atoms with Gasteiger partial charge in [0, 0.05) is 6.42 Å². The number of hydrogen-bond acceptors (Lipinski definition) is 6. The van der Waals surface area contributed by atoms with Gasteiger partial charge >= 0.3 is 5.97 Å². The molecule has 6 nitrogen and oxygen atoms in total. The van der Waals surface area contributed by atoms with Gasteiger partial charge in [0.05, 0.1) is 13.2 Å². The lowest BCUT2D eigenvalue weighted by Crippen LogP contribution is -2.55. The first kappa shape index (κ1) is 32.3. The van der Waals surface area contributed by atoms with Gasteiger partial charge in [0.1, 0.15) is 18.3 Å². The first-order valence-electron chi connectivity index (χ1n) is 14.9. The Morgan fingerprint density at radius 3 is 1.51 bits per heavy atom. The Bertz CT molecular complexity index is 486. The van der Waals surface area contributed by atoms with Crippen molar-refractivity contribution in [3.8, 4) is 0 Å². The second kappa shape index (κ2) is 22.5. The summed E-state index contributed by atoms with van der Waals surface area (Å²) in [5.41, 5.74) is 0. The van der Waals surface area contributed by atoms with E-state index in [9.17, 15) is 20.1 Å². The van der Waals surface area contributed by atoms with E-state index >= 15 is 0 Å². The van der Waals surface area contributed by atoms with Crippen LogP contribution in [0.5, 0.6) is 0 Å². The minimum absolute atomic E-state index is 0.0560. The average Bonchev–Trinajstić information content (AvgIpc) is 2.85. The maximum absolute atomic E-state index is 12.0. The SMILES string of the molecule is CCCCCCCCCCCCCCCCCCCCCCC(=O)O[C@H]1[C@H](O)[C@@H](CO)OC[C@H]1O. The minimum atomic E-state index is -1.21. The Morgan fingerprint density at radius 1 is 0.714 bits per heavy atom. The monoisotopic (exact) mass is 500 g/mol. The minimum Gasteiger partial charge on any atom is -0.457 e. The van der Waals surface area contributed by atoms with Crippen LogP contribution in [-0.4, -0.2) is 58.9 Å². The molecular formula is C29H56O6. The van der Waals surface area contributed by atoms with E-state index in [1.807, 2.05) is 0 Å². The normalized spacial score (nSPS) is 22.4. The van der Waals surface area contributed by atoms with E-state index in [1.165, 1.54) is 109 Å². The molecular weight excluding hydrogens is 444 g/mol. The molecule has 0 radical (unpaired) electrons. The van der Waals surface area contributed by atoms with Crippen LogP contribution in [0.25, 0.3) is 0 Å². The fourth-order valence-corrected chi connectivity index (χ4v) is 4.90. The van der Waals surface area contributed by atoms with Crippen LogP contribution in [0.1, 0.15) is 142 Å². The van der Waals surface area contributed by atoms with Gasteiger partial charge < -0.3 is 24.8 Å². The number of esters is 1. The second-order valence-electron chi connectivity index (χ2n) is 10.5. The number of unbranched alkanes of at least 4 members (excludes halogenated alkanes) is 19. The predicted molar refractivity (Wildman–Crippen MR) is 141 cm³/mol. The third-order valence-corrected chi connectivity index (χ3v) is 7.26. The van der Waals surface area contributed by atoms with Gasteiger partial charge in [0.15, 0.2) is 6.10 Å². The van der Waals surface area contributed by atoms with Crippen LogP contribution in [0.3, 0.4) is 0 Å². The summed E-state index contributed by atoms with van der Waals surface area (Å²) < 4.78 is 10.4. The number of carbonyl (C=O) groups excluding carboxylic acids is 1. The third-order valence-electron chi connectivity index (χ3n) is 7.26. The van der Waals surface area contributed by atoms with Crippen LogP contribution in [0.4, 0.5) is 0 Å². The molecule has 1 aliphatic rings. The summed E-state index contributed by atoms with van der Waals surface area (Å²) in [5, 5.41) is 29.1. The van der Waals surface area contributed by atoms with Crippen LogP contribution >= 0.6 is 0 Å². The fraction of sp³-hybridized carbons (Fsp3) is 0.966. The van der Waals surface area contributed by atoms with Crippen LogP contribution in [0, 0.1) is 0 Å². The van der Waals surface area contributed by atoms with E-state index in [0.717, 1.165) is 19.3 Å². The summed E-state index contributed by atoms with van der Waals surface area (Å²) in [7, 11) is 0. The Kier molecular flexibility index (Phi) is 20.8. The van der Waals surface area contributed by atoms with Gasteiger partial charge in [0.2, 0.25) is 0 Å². The molecule has 35 heavy (non-hydrogen) atoms. The van der Waals surface area contributed by atoms with E-state index in [-0.39, 0.29) is 13.2 Å². The molecule has 1 saturated heterocycles. The summed E-state index contributed by atoms with van der Waals surface area (Å²) in [5.74, 6) is -0.408. The van der Waals surface area contributed by atoms with Gasteiger partial charge in [-0.25, -0.2) is 0 Å². The van der Waals surface area contributed by atoms with Gasteiger partial charge in [-0.15, -0.1) is 0 Å². The van der Waals surface area contributed by atoms with Crippen LogP contribution in [0.2, 0.25) is 0 Å². The highest BCUT2D eigenvalue weighted by Gasteiger charge is 2.40. The Morgan fingerprint density at radius 2 is 1.11 bits per heavy atom. The van der Waals surface area contributed by atoms with Gasteiger partial charge in [-0.2, -0.15) is 0 Å². The molecule has 6 heteroatoms. The number of aliphatic hydroxyl groups excluding tert-OH is 3. The zero-order chi connectivity index (χ0) is 25.6. The van der Waals surface area contributed by atoms with Gasteiger partial charge in [-0.3, -0.25) is 4.79 Å². The molecule has 0 bridgehead atoms. The van der Waals surface area contributed by atoms with Crippen molar-refractivity contribution in [3.63, 3.8) is 0 Å². The molecule has 4 atom stereocenters. The molecule has 0 unspecified atom stereocenters. The predicted octanol–water partition coefficient (Wildman–Crippen LogP) is 6.22. The number of ether oxygens (including phenoxy) is 2. The summed E-state index contributed by atoms with van der Waals surface area (Å²) in [6.07, 6.45) is 22.5. The first-order valence-corrected chi connectivity index (χ1v) is 14.9. The largest absolute Gasteiger partial charge is 0.457 e. The third kappa shape index (κ3) is 16.6. The lowest BCUT2D eigenvalue weighted by Gasteiger charge is -2.36. The number of aliphatic hydroxyl groups is 3. The molecule has 0 aromatic heterocycles. The maximum Gasteiger partial charge on any atom is 0.306 e. The van der Waals surface area contributed by atoms with E-state index in [1.54, 1.807) is 0 Å². The molecule has 0 amide bonds. The van der Waals surface area contributed by atoms with Gasteiger partial charge in [0.25, 0.3) is 0 Å². The molecule has 1 heterocycles. The molecule has 1 rings (SSSR count). The highest BCUT2D eigenvalue weighted by atomic mass is 16.6. The van der Waals surface area contributed by atoms with Gasteiger partial charge in [-0.1, -0.05) is 129 Å². The Balaban J connectivity index is 1.82. The molecule has 208 valence electrons.